The summed E-state index contributed by atoms with van der Waals surface area (Å²) in [5.74, 6) is -0.0325. The van der Waals surface area contributed by atoms with Crippen LogP contribution in [0.5, 0.6) is 0 Å². The maximum absolute atomic E-state index is 5.14. The first-order valence-electron chi connectivity index (χ1n) is 4.51. The van der Waals surface area contributed by atoms with E-state index >= 15 is 0 Å². The van der Waals surface area contributed by atoms with Gasteiger partial charge in [0.05, 0.1) is 11.9 Å². The Morgan fingerprint density at radius 2 is 2.36 bits per heavy atom. The van der Waals surface area contributed by atoms with Gasteiger partial charge in [-0.3, -0.25) is 0 Å². The second-order valence-electron chi connectivity index (χ2n) is 2.90. The van der Waals surface area contributed by atoms with Gasteiger partial charge in [-0.25, -0.2) is 0 Å². The van der Waals surface area contributed by atoms with Gasteiger partial charge < -0.3 is 16.0 Å². The average Bonchev–Trinajstić information content (AvgIpc) is 2.53. The van der Waals surface area contributed by atoms with Gasteiger partial charge in [0.2, 0.25) is 5.96 Å². The minimum absolute atomic E-state index is 0.0325. The van der Waals surface area contributed by atoms with Crippen molar-refractivity contribution in [3.8, 4) is 0 Å². The molecule has 0 aliphatic carbocycles. The Bertz CT molecular complexity index is 333. The first-order valence-corrected chi connectivity index (χ1v) is 4.51. The number of aryl methyl sites for hydroxylation is 1. The summed E-state index contributed by atoms with van der Waals surface area (Å²) in [5, 5.41) is 7.28. The molecule has 0 bridgehead atoms. The largest absolute Gasteiger partial charge is 0.369 e. The minimum atomic E-state index is -0.0325. The molecule has 1 aromatic rings. The molecule has 1 rings (SSSR count). The van der Waals surface area contributed by atoms with Crippen molar-refractivity contribution >= 4 is 12.2 Å². The number of hydrogen-bond donors (Lipinski definition) is 2. The van der Waals surface area contributed by atoms with Gasteiger partial charge in [0, 0.05) is 12.7 Å². The molecule has 0 unspecified atom stereocenters. The molecular formula is C9H15N5. The van der Waals surface area contributed by atoms with Crippen molar-refractivity contribution in [3.63, 3.8) is 0 Å². The highest BCUT2D eigenvalue weighted by Crippen LogP contribution is 2.00. The number of hydrogen-bond acceptors (Lipinski definition) is 2. The summed E-state index contributed by atoms with van der Waals surface area (Å²) in [4.78, 5) is 0. The lowest BCUT2D eigenvalue weighted by molar-refractivity contribution is 0.679. The zero-order valence-corrected chi connectivity index (χ0v) is 8.22. The van der Waals surface area contributed by atoms with Crippen molar-refractivity contribution in [3.05, 3.63) is 24.0 Å². The number of aromatic nitrogens is 1. The van der Waals surface area contributed by atoms with Crippen LogP contribution in [0.1, 0.15) is 19.0 Å². The molecule has 0 spiro atoms. The summed E-state index contributed by atoms with van der Waals surface area (Å²) in [7, 11) is 0. The summed E-state index contributed by atoms with van der Waals surface area (Å²) in [6.45, 7) is 3.09. The summed E-state index contributed by atoms with van der Waals surface area (Å²) >= 11 is 0. The summed E-state index contributed by atoms with van der Waals surface area (Å²) in [6.07, 6.45) is 4.72. The molecule has 0 aliphatic rings. The molecule has 0 saturated heterocycles. The third-order valence-electron chi connectivity index (χ3n) is 1.69. The molecule has 0 fully saturated rings. The Labute approximate surface area is 83.1 Å². The Morgan fingerprint density at radius 3 is 3.00 bits per heavy atom. The first-order chi connectivity index (χ1) is 6.74. The molecule has 1 heterocycles. The number of rotatable bonds is 4. The Balaban J connectivity index is 2.70. The molecule has 1 aromatic heterocycles. The normalized spacial score (nSPS) is 10.6. The number of nitrogens with two attached hydrogens (primary N) is 2. The second-order valence-corrected chi connectivity index (χ2v) is 2.90. The SMILES string of the molecule is CCCn1cccc1C=NN=C(N)N. The van der Waals surface area contributed by atoms with E-state index in [4.69, 9.17) is 11.5 Å². The Kier molecular flexibility index (Phi) is 3.72. The Hall–Kier alpha value is -1.78. The third-order valence-corrected chi connectivity index (χ3v) is 1.69. The lowest BCUT2D eigenvalue weighted by atomic mass is 10.4. The van der Waals surface area contributed by atoms with E-state index in [0.29, 0.717) is 0 Å². The maximum atomic E-state index is 5.14. The molecule has 0 aliphatic heterocycles. The average molecular weight is 193 g/mol. The van der Waals surface area contributed by atoms with Crippen LogP contribution in [-0.2, 0) is 6.54 Å². The van der Waals surface area contributed by atoms with Crippen molar-refractivity contribution in [2.45, 2.75) is 19.9 Å². The molecule has 0 radical (unpaired) electrons. The topological polar surface area (TPSA) is 81.7 Å². The maximum Gasteiger partial charge on any atom is 0.211 e. The highest BCUT2D eigenvalue weighted by Gasteiger charge is 1.95. The summed E-state index contributed by atoms with van der Waals surface area (Å²) in [6, 6.07) is 3.92. The van der Waals surface area contributed by atoms with Crippen LogP contribution < -0.4 is 11.5 Å². The van der Waals surface area contributed by atoms with Crippen LogP contribution >= 0.6 is 0 Å². The van der Waals surface area contributed by atoms with E-state index in [1.165, 1.54) is 0 Å². The predicted molar refractivity (Wildman–Crippen MR) is 58.1 cm³/mol. The van der Waals surface area contributed by atoms with Gasteiger partial charge in [0.15, 0.2) is 0 Å². The smallest absolute Gasteiger partial charge is 0.211 e. The first kappa shape index (κ1) is 10.3. The van der Waals surface area contributed by atoms with E-state index in [0.717, 1.165) is 18.7 Å². The van der Waals surface area contributed by atoms with Crippen molar-refractivity contribution in [1.82, 2.24) is 4.57 Å². The molecule has 5 heteroatoms. The summed E-state index contributed by atoms with van der Waals surface area (Å²) < 4.78 is 2.09. The van der Waals surface area contributed by atoms with Gasteiger partial charge in [-0.15, -0.1) is 5.10 Å². The van der Waals surface area contributed by atoms with Crippen LogP contribution in [0.25, 0.3) is 0 Å². The van der Waals surface area contributed by atoms with Crippen molar-refractivity contribution in [1.29, 1.82) is 0 Å². The van der Waals surface area contributed by atoms with Gasteiger partial charge in [-0.1, -0.05) is 6.92 Å². The van der Waals surface area contributed by atoms with E-state index < -0.39 is 0 Å². The van der Waals surface area contributed by atoms with Crippen LogP contribution in [-0.4, -0.2) is 16.7 Å². The monoisotopic (exact) mass is 193 g/mol. The molecule has 0 amide bonds. The van der Waals surface area contributed by atoms with Crippen LogP contribution in [0, 0.1) is 0 Å². The van der Waals surface area contributed by atoms with Crippen LogP contribution in [0.3, 0.4) is 0 Å². The van der Waals surface area contributed by atoms with Crippen molar-refractivity contribution in [2.24, 2.45) is 21.7 Å². The highest BCUT2D eigenvalue weighted by molar-refractivity contribution is 5.80. The van der Waals surface area contributed by atoms with E-state index in [2.05, 4.69) is 21.7 Å². The fraction of sp³-hybridized carbons (Fsp3) is 0.333. The number of nitrogens with zero attached hydrogens (tertiary/aromatic N) is 3. The minimum Gasteiger partial charge on any atom is -0.369 e. The molecule has 5 nitrogen and oxygen atoms in total. The van der Waals surface area contributed by atoms with Gasteiger partial charge in [-0.05, 0) is 18.6 Å². The number of guanidine groups is 1. The fourth-order valence-electron chi connectivity index (χ4n) is 1.14. The van der Waals surface area contributed by atoms with E-state index in [1.807, 2.05) is 18.3 Å². The van der Waals surface area contributed by atoms with E-state index in [-0.39, 0.29) is 5.96 Å². The van der Waals surface area contributed by atoms with Crippen molar-refractivity contribution in [2.75, 3.05) is 0 Å². The van der Waals surface area contributed by atoms with Crippen LogP contribution in [0.2, 0.25) is 0 Å². The molecule has 0 atom stereocenters. The van der Waals surface area contributed by atoms with E-state index in [9.17, 15) is 0 Å². The highest BCUT2D eigenvalue weighted by atomic mass is 15.3. The molecule has 14 heavy (non-hydrogen) atoms. The molecular weight excluding hydrogens is 178 g/mol. The van der Waals surface area contributed by atoms with Crippen LogP contribution in [0.15, 0.2) is 28.5 Å². The van der Waals surface area contributed by atoms with Gasteiger partial charge in [0.25, 0.3) is 0 Å². The van der Waals surface area contributed by atoms with Gasteiger partial charge in [-0.2, -0.15) is 5.10 Å². The Morgan fingerprint density at radius 1 is 1.57 bits per heavy atom. The van der Waals surface area contributed by atoms with Crippen molar-refractivity contribution < 1.29 is 0 Å². The van der Waals surface area contributed by atoms with Crippen LogP contribution in [0.4, 0.5) is 0 Å². The standard InChI is InChI=1S/C9H15N5/c1-2-5-14-6-3-4-8(14)7-12-13-9(10)11/h3-4,6-7H,2,5H2,1H3,(H4,10,11,13). The second kappa shape index (κ2) is 5.06. The van der Waals surface area contributed by atoms with Gasteiger partial charge in [0.1, 0.15) is 0 Å². The zero-order chi connectivity index (χ0) is 10.4. The molecule has 4 N–H and O–H groups in total. The molecule has 76 valence electrons. The zero-order valence-electron chi connectivity index (χ0n) is 8.22. The van der Waals surface area contributed by atoms with Gasteiger partial charge >= 0.3 is 0 Å². The fourth-order valence-corrected chi connectivity index (χ4v) is 1.14. The van der Waals surface area contributed by atoms with E-state index in [1.54, 1.807) is 6.21 Å². The molecule has 0 saturated carbocycles. The predicted octanol–water partition coefficient (Wildman–Crippen LogP) is 0.505. The quantitative estimate of drug-likeness (QED) is 0.415. The molecule has 0 aromatic carbocycles. The third kappa shape index (κ3) is 2.93. The summed E-state index contributed by atoms with van der Waals surface area (Å²) in [5.41, 5.74) is 11.3. The lowest BCUT2D eigenvalue weighted by Gasteiger charge is -2.01. The lowest BCUT2D eigenvalue weighted by Crippen LogP contribution is -2.21.